The lowest BCUT2D eigenvalue weighted by Gasteiger charge is -2.13. The minimum Gasteiger partial charge on any atom is -0.504 e. The molecule has 0 atom stereocenters. The third kappa shape index (κ3) is 2.89. The minimum atomic E-state index is -0.644. The third-order valence-corrected chi connectivity index (χ3v) is 4.85. The number of hydrogen-bond donors (Lipinski definition) is 2. The summed E-state index contributed by atoms with van der Waals surface area (Å²) in [5.41, 5.74) is 0.135. The smallest absolute Gasteiger partial charge is 0.203 e. The molecule has 0 bridgehead atoms. The van der Waals surface area contributed by atoms with Crippen molar-refractivity contribution >= 4 is 40.0 Å². The van der Waals surface area contributed by atoms with Gasteiger partial charge in [0, 0.05) is 5.56 Å². The van der Waals surface area contributed by atoms with E-state index in [2.05, 4.69) is 0 Å². The number of phenolic OH excluding ortho intramolecular Hbond substituents is 2. The Morgan fingerprint density at radius 1 is 0.963 bits per heavy atom. The zero-order valence-corrected chi connectivity index (χ0v) is 15.9. The van der Waals surface area contributed by atoms with Crippen LogP contribution in [0.2, 0.25) is 10.0 Å². The van der Waals surface area contributed by atoms with Crippen molar-refractivity contribution in [2.45, 2.75) is 0 Å². The monoisotopic (exact) mass is 412 g/mol. The number of ketones is 1. The molecule has 3 rings (SSSR count). The summed E-state index contributed by atoms with van der Waals surface area (Å²) in [6, 6.07) is 2.91. The lowest BCUT2D eigenvalue weighted by molar-refractivity contribution is 0.103. The van der Waals surface area contributed by atoms with Crippen LogP contribution in [0.25, 0.3) is 11.0 Å². The van der Waals surface area contributed by atoms with Crippen molar-refractivity contribution in [3.8, 4) is 28.7 Å². The molecule has 0 aliphatic rings. The summed E-state index contributed by atoms with van der Waals surface area (Å²) in [7, 11) is 4.28. The highest BCUT2D eigenvalue weighted by Crippen LogP contribution is 2.48. The van der Waals surface area contributed by atoms with Crippen LogP contribution < -0.4 is 14.2 Å². The number of fused-ring (bicyclic) bond motifs is 1. The second-order valence-electron chi connectivity index (χ2n) is 5.42. The molecule has 1 aromatic heterocycles. The van der Waals surface area contributed by atoms with Crippen molar-refractivity contribution in [2.24, 2.45) is 0 Å². The normalized spacial score (nSPS) is 10.9. The van der Waals surface area contributed by atoms with Crippen LogP contribution in [0, 0.1) is 0 Å². The number of methoxy groups -OCH3 is 3. The molecule has 0 spiro atoms. The van der Waals surface area contributed by atoms with E-state index in [1.54, 1.807) is 0 Å². The standard InChI is InChI=1S/C18H14Cl2O7/c1-24-9-4-7(5-10(25-2)17(9)26-3)14(21)8-6-27-18-11(8)15(22)16(23)12(19)13(18)20/h4-6,22-23H,1-3H3. The molecule has 2 aromatic carbocycles. The fourth-order valence-electron chi connectivity index (χ4n) is 2.72. The molecule has 0 radical (unpaired) electrons. The van der Waals surface area contributed by atoms with Crippen LogP contribution >= 0.6 is 23.2 Å². The number of rotatable bonds is 5. The molecular weight excluding hydrogens is 399 g/mol. The molecule has 2 N–H and O–H groups in total. The molecule has 0 aliphatic carbocycles. The largest absolute Gasteiger partial charge is 0.504 e. The molecular formula is C18H14Cl2O7. The molecule has 0 aliphatic heterocycles. The predicted molar refractivity (Wildman–Crippen MR) is 99.1 cm³/mol. The van der Waals surface area contributed by atoms with E-state index in [4.69, 9.17) is 41.8 Å². The number of carbonyl (C=O) groups is 1. The first-order valence-electron chi connectivity index (χ1n) is 7.50. The zero-order valence-electron chi connectivity index (χ0n) is 14.4. The number of benzene rings is 2. The van der Waals surface area contributed by atoms with Crippen LogP contribution in [0.15, 0.2) is 22.8 Å². The number of phenols is 2. The maximum atomic E-state index is 13.0. The van der Waals surface area contributed by atoms with Crippen LogP contribution in [-0.4, -0.2) is 37.3 Å². The topological polar surface area (TPSA) is 98.4 Å². The van der Waals surface area contributed by atoms with Gasteiger partial charge in [0.1, 0.15) is 16.3 Å². The van der Waals surface area contributed by atoms with Crippen LogP contribution in [0.4, 0.5) is 0 Å². The van der Waals surface area contributed by atoms with Crippen molar-refractivity contribution in [2.75, 3.05) is 21.3 Å². The highest BCUT2D eigenvalue weighted by Gasteiger charge is 2.27. The Hall–Kier alpha value is -2.77. The molecule has 3 aromatic rings. The molecule has 0 amide bonds. The summed E-state index contributed by atoms with van der Waals surface area (Å²) in [5.74, 6) is -0.897. The Balaban J connectivity index is 2.23. The highest BCUT2D eigenvalue weighted by atomic mass is 35.5. The fraction of sp³-hybridized carbons (Fsp3) is 0.167. The molecule has 0 unspecified atom stereocenters. The van der Waals surface area contributed by atoms with Gasteiger partial charge in [0.25, 0.3) is 0 Å². The maximum Gasteiger partial charge on any atom is 0.203 e. The average Bonchev–Trinajstić information content (AvgIpc) is 3.13. The van der Waals surface area contributed by atoms with E-state index >= 15 is 0 Å². The summed E-state index contributed by atoms with van der Waals surface area (Å²) >= 11 is 11.9. The third-order valence-electron chi connectivity index (χ3n) is 4.02. The maximum absolute atomic E-state index is 13.0. The van der Waals surface area contributed by atoms with E-state index in [0.717, 1.165) is 6.26 Å². The fourth-order valence-corrected chi connectivity index (χ4v) is 3.12. The van der Waals surface area contributed by atoms with Gasteiger partial charge in [-0.1, -0.05) is 23.2 Å². The van der Waals surface area contributed by atoms with Crippen LogP contribution in [-0.2, 0) is 0 Å². The average molecular weight is 413 g/mol. The summed E-state index contributed by atoms with van der Waals surface area (Å²) in [4.78, 5) is 13.0. The SMILES string of the molecule is COc1cc(C(=O)c2coc3c(Cl)c(Cl)c(O)c(O)c23)cc(OC)c1OC. The number of halogens is 2. The van der Waals surface area contributed by atoms with Crippen LogP contribution in [0.1, 0.15) is 15.9 Å². The molecule has 9 heteroatoms. The summed E-state index contributed by atoms with van der Waals surface area (Å²) in [5, 5.41) is 19.7. The first kappa shape index (κ1) is 19.0. The van der Waals surface area contributed by atoms with Gasteiger partial charge in [-0.15, -0.1) is 0 Å². The quantitative estimate of drug-likeness (QED) is 0.472. The Bertz CT molecular complexity index is 1030. The summed E-state index contributed by atoms with van der Waals surface area (Å²) in [6.07, 6.45) is 1.12. The Kier molecular flexibility index (Phi) is 4.99. The Morgan fingerprint density at radius 2 is 1.56 bits per heavy atom. The van der Waals surface area contributed by atoms with Crippen molar-refractivity contribution in [1.29, 1.82) is 0 Å². The predicted octanol–water partition coefficient (Wildman–Crippen LogP) is 4.41. The van der Waals surface area contributed by atoms with Crippen LogP contribution in [0.3, 0.4) is 0 Å². The Morgan fingerprint density at radius 3 is 2.07 bits per heavy atom. The van der Waals surface area contributed by atoms with Gasteiger partial charge in [0.15, 0.2) is 34.4 Å². The summed E-state index contributed by atoms with van der Waals surface area (Å²) < 4.78 is 21.0. The zero-order chi connectivity index (χ0) is 19.9. The summed E-state index contributed by atoms with van der Waals surface area (Å²) in [6.45, 7) is 0. The molecule has 142 valence electrons. The van der Waals surface area contributed by atoms with Gasteiger partial charge < -0.3 is 28.8 Å². The van der Waals surface area contributed by atoms with Crippen molar-refractivity contribution in [3.63, 3.8) is 0 Å². The van der Waals surface area contributed by atoms with Gasteiger partial charge in [-0.2, -0.15) is 0 Å². The van der Waals surface area contributed by atoms with E-state index in [-0.39, 0.29) is 43.6 Å². The first-order valence-corrected chi connectivity index (χ1v) is 8.26. The van der Waals surface area contributed by atoms with Gasteiger partial charge in [0.2, 0.25) is 5.75 Å². The molecule has 0 saturated carbocycles. The molecule has 0 fully saturated rings. The number of aromatic hydroxyl groups is 2. The van der Waals surface area contributed by atoms with E-state index in [1.165, 1.54) is 33.5 Å². The molecule has 1 heterocycles. The van der Waals surface area contributed by atoms with E-state index in [1.807, 2.05) is 0 Å². The van der Waals surface area contributed by atoms with Crippen molar-refractivity contribution in [3.05, 3.63) is 39.6 Å². The van der Waals surface area contributed by atoms with Crippen molar-refractivity contribution in [1.82, 2.24) is 0 Å². The lowest BCUT2D eigenvalue weighted by Crippen LogP contribution is -2.03. The number of hydrogen-bond acceptors (Lipinski definition) is 7. The van der Waals surface area contributed by atoms with Gasteiger partial charge in [-0.25, -0.2) is 0 Å². The minimum absolute atomic E-state index is 0.0206. The molecule has 0 saturated heterocycles. The highest BCUT2D eigenvalue weighted by molar-refractivity contribution is 6.46. The van der Waals surface area contributed by atoms with Gasteiger partial charge in [0.05, 0.1) is 32.3 Å². The second kappa shape index (κ2) is 7.09. The first-order chi connectivity index (χ1) is 12.8. The number of ether oxygens (including phenoxy) is 3. The lowest BCUT2D eigenvalue weighted by atomic mass is 10.0. The second-order valence-corrected chi connectivity index (χ2v) is 6.18. The number of carbonyl (C=O) groups excluding carboxylic acids is 1. The van der Waals surface area contributed by atoms with E-state index in [0.29, 0.717) is 5.75 Å². The van der Waals surface area contributed by atoms with E-state index in [9.17, 15) is 15.0 Å². The van der Waals surface area contributed by atoms with Gasteiger partial charge in [-0.3, -0.25) is 4.79 Å². The van der Waals surface area contributed by atoms with Gasteiger partial charge >= 0.3 is 0 Å². The molecule has 27 heavy (non-hydrogen) atoms. The Labute approximate surface area is 163 Å². The van der Waals surface area contributed by atoms with E-state index < -0.39 is 17.3 Å². The van der Waals surface area contributed by atoms with Crippen LogP contribution in [0.5, 0.6) is 28.7 Å². The van der Waals surface area contributed by atoms with Crippen molar-refractivity contribution < 1.29 is 33.6 Å². The number of furan rings is 1. The van der Waals surface area contributed by atoms with Gasteiger partial charge in [-0.05, 0) is 12.1 Å². The molecule has 7 nitrogen and oxygen atoms in total.